The van der Waals surface area contributed by atoms with Gasteiger partial charge in [-0.1, -0.05) is 167 Å². The summed E-state index contributed by atoms with van der Waals surface area (Å²) in [6.07, 6.45) is 7.70. The van der Waals surface area contributed by atoms with E-state index in [9.17, 15) is 4.79 Å². The molecule has 0 radical (unpaired) electrons. The quantitative estimate of drug-likeness (QED) is 0.0557. The number of hydrogen-bond acceptors (Lipinski definition) is 4. The molecule has 0 amide bonds. The van der Waals surface area contributed by atoms with E-state index in [0.29, 0.717) is 36.3 Å². The first kappa shape index (κ1) is 46.4. The molecule has 0 spiro atoms. The van der Waals surface area contributed by atoms with Crippen LogP contribution in [0, 0.1) is 34.6 Å². The fourth-order valence-electron chi connectivity index (χ4n) is 10.7. The fourth-order valence-corrected chi connectivity index (χ4v) is 21.5. The average Bonchev–Trinajstić information content (AvgIpc) is 3.47. The van der Waals surface area contributed by atoms with E-state index in [1.165, 1.54) is 22.2 Å². The van der Waals surface area contributed by atoms with Crippen LogP contribution < -0.4 is 10.4 Å². The Morgan fingerprint density at radius 1 is 0.893 bits per heavy atom. The smallest absolute Gasteiger partial charge is 0.261 e. The zero-order chi connectivity index (χ0) is 41.7. The van der Waals surface area contributed by atoms with Crippen molar-refractivity contribution < 1.29 is 18.4 Å². The van der Waals surface area contributed by atoms with Gasteiger partial charge in [-0.2, -0.15) is 0 Å². The number of aldehydes is 1. The molecule has 0 unspecified atom stereocenters. The van der Waals surface area contributed by atoms with E-state index in [1.54, 1.807) is 0 Å². The number of fused-ring (bicyclic) bond motifs is 1. The summed E-state index contributed by atoms with van der Waals surface area (Å²) in [6, 6.07) is 21.7. The second-order valence-electron chi connectivity index (χ2n) is 20.0. The maximum atomic E-state index is 13.8. The summed E-state index contributed by atoms with van der Waals surface area (Å²) >= 11 is 0. The highest BCUT2D eigenvalue weighted by Crippen LogP contribution is 2.58. The van der Waals surface area contributed by atoms with Crippen molar-refractivity contribution in [3.63, 3.8) is 0 Å². The van der Waals surface area contributed by atoms with Crippen LogP contribution in [-0.4, -0.2) is 56.4 Å². The molecule has 4 nitrogen and oxygen atoms in total. The van der Waals surface area contributed by atoms with Crippen molar-refractivity contribution in [3.05, 3.63) is 84.0 Å². The van der Waals surface area contributed by atoms with Crippen molar-refractivity contribution in [2.45, 2.75) is 156 Å². The van der Waals surface area contributed by atoms with Crippen LogP contribution in [0.3, 0.4) is 0 Å². The molecule has 2 aliphatic rings. The zero-order valence-electron chi connectivity index (χ0n) is 37.8. The summed E-state index contributed by atoms with van der Waals surface area (Å²) < 4.78 is 21.7. The molecular weight excluding hydrogens is 737 g/mol. The van der Waals surface area contributed by atoms with Crippen molar-refractivity contribution in [1.82, 2.24) is 0 Å². The molecule has 0 bridgehead atoms. The van der Waals surface area contributed by atoms with Gasteiger partial charge in [-0.05, 0) is 76.1 Å². The van der Waals surface area contributed by atoms with E-state index in [4.69, 9.17) is 13.6 Å². The number of hydrogen-bond donors (Lipinski definition) is 0. The zero-order valence-corrected chi connectivity index (χ0v) is 40.8. The second kappa shape index (κ2) is 18.7. The average molecular weight is 813 g/mol. The van der Waals surface area contributed by atoms with Crippen LogP contribution in [0.2, 0.25) is 41.3 Å². The molecule has 308 valence electrons. The lowest BCUT2D eigenvalue weighted by Crippen LogP contribution is -2.66. The van der Waals surface area contributed by atoms with Crippen LogP contribution in [-0.2, 0) is 18.4 Å². The molecule has 1 fully saturated rings. The molecule has 0 aromatic heterocycles. The molecule has 6 atom stereocenters. The Labute approximate surface area is 345 Å². The summed E-state index contributed by atoms with van der Waals surface area (Å²) in [6.45, 7) is 36.0. The maximum absolute atomic E-state index is 13.8. The number of carbonyl (C=O) groups excluding carboxylic acids is 1. The predicted octanol–water partition coefficient (Wildman–Crippen LogP) is 11.5. The van der Waals surface area contributed by atoms with Crippen molar-refractivity contribution in [1.29, 1.82) is 0 Å². The van der Waals surface area contributed by atoms with Gasteiger partial charge in [0.25, 0.3) is 8.32 Å². The van der Waals surface area contributed by atoms with Crippen LogP contribution >= 0.6 is 0 Å². The normalized spacial score (nSPS) is 24.2. The maximum Gasteiger partial charge on any atom is 0.261 e. The van der Waals surface area contributed by atoms with Gasteiger partial charge < -0.3 is 18.4 Å². The molecular formula is C49H76O4Si3. The SMILES string of the molecule is CC1=CC[C@H]([C@H](C)CO[Si](C(C)C)(C(C)C)C(C)C)[C@H]2[C@H](/C(C)=C\CCO[Si](c3ccccc3)(c3ccccc3)C(C)(C)C)O[C@H](CC#C[Si](C)(C)C)[C@@]12C=O. The highest BCUT2D eigenvalue weighted by atomic mass is 28.4. The summed E-state index contributed by atoms with van der Waals surface area (Å²) in [7, 11) is -6.34. The third-order valence-electron chi connectivity index (χ3n) is 13.3. The highest BCUT2D eigenvalue weighted by molar-refractivity contribution is 6.99. The Hall–Kier alpha value is -2.32. The summed E-state index contributed by atoms with van der Waals surface area (Å²) in [5.41, 5.74) is 6.74. The van der Waals surface area contributed by atoms with Crippen LogP contribution in [0.25, 0.3) is 0 Å². The minimum absolute atomic E-state index is 0.00402. The summed E-state index contributed by atoms with van der Waals surface area (Å²) in [5.74, 6) is 4.03. The van der Waals surface area contributed by atoms with Crippen molar-refractivity contribution in [2.24, 2.45) is 23.2 Å². The van der Waals surface area contributed by atoms with Gasteiger partial charge in [0.2, 0.25) is 0 Å². The van der Waals surface area contributed by atoms with Gasteiger partial charge in [0.1, 0.15) is 14.4 Å². The van der Waals surface area contributed by atoms with E-state index in [-0.39, 0.29) is 35.0 Å². The van der Waals surface area contributed by atoms with Gasteiger partial charge in [-0.25, -0.2) is 0 Å². The first-order valence-electron chi connectivity index (χ1n) is 21.5. The standard InChI is InChI=1S/C49H76O4Si3/c1-36(2)55(37(3)4,38(5)6)52-34-40(8)44-31-30-41(9)49(35-50)45(29-23-33-54(13,14)15)53-47(46(44)49)39(7)24-22-32-51-56(48(10,11)12,42-25-18-16-19-26-42)43-27-20-17-21-28-43/h16-21,24-28,30,35-38,40,44-47H,22,29,31-32,34H2,1-15H3/b39-24-/t40-,44-,45-,46+,47+,49-/m1/s1. The molecule has 0 N–H and O–H groups in total. The first-order chi connectivity index (χ1) is 26.2. The monoisotopic (exact) mass is 813 g/mol. The number of carbonyl (C=O) groups is 1. The van der Waals surface area contributed by atoms with Crippen molar-refractivity contribution in [3.8, 4) is 11.5 Å². The van der Waals surface area contributed by atoms with Gasteiger partial charge in [0.05, 0.1) is 17.6 Å². The number of benzene rings is 2. The van der Waals surface area contributed by atoms with Crippen LogP contribution in [0.1, 0.15) is 102 Å². The molecule has 1 aliphatic heterocycles. The Morgan fingerprint density at radius 2 is 1.43 bits per heavy atom. The lowest BCUT2D eigenvalue weighted by atomic mass is 9.56. The number of rotatable bonds is 16. The molecule has 56 heavy (non-hydrogen) atoms. The number of allylic oxidation sites excluding steroid dienone is 1. The summed E-state index contributed by atoms with van der Waals surface area (Å²) in [4.78, 5) is 13.8. The molecule has 2 aromatic rings. The van der Waals surface area contributed by atoms with Crippen molar-refractivity contribution >= 4 is 41.4 Å². The minimum atomic E-state index is -2.66. The number of ether oxygens (including phenoxy) is 1. The summed E-state index contributed by atoms with van der Waals surface area (Å²) in [5, 5.41) is 2.49. The molecule has 4 rings (SSSR count). The fraction of sp³-hybridized carbons (Fsp3) is 0.612. The van der Waals surface area contributed by atoms with Crippen molar-refractivity contribution in [2.75, 3.05) is 13.2 Å². The van der Waals surface area contributed by atoms with Gasteiger partial charge >= 0.3 is 0 Å². The third kappa shape index (κ3) is 9.27. The Balaban J connectivity index is 1.72. The van der Waals surface area contributed by atoms with Crippen LogP contribution in [0.5, 0.6) is 0 Å². The van der Waals surface area contributed by atoms with E-state index < -0.39 is 30.1 Å². The van der Waals surface area contributed by atoms with Gasteiger partial charge in [-0.15, -0.1) is 11.5 Å². The Bertz CT molecular complexity index is 1650. The largest absolute Gasteiger partial charge is 0.416 e. The minimum Gasteiger partial charge on any atom is -0.416 e. The third-order valence-corrected chi connectivity index (χ3v) is 25.4. The van der Waals surface area contributed by atoms with E-state index in [0.717, 1.165) is 18.4 Å². The molecule has 0 saturated carbocycles. The molecule has 1 heterocycles. The lowest BCUT2D eigenvalue weighted by Gasteiger charge is -2.47. The van der Waals surface area contributed by atoms with Gasteiger partial charge in [0, 0.05) is 25.6 Å². The van der Waals surface area contributed by atoms with Gasteiger partial charge in [-0.3, -0.25) is 0 Å². The van der Waals surface area contributed by atoms with Gasteiger partial charge in [0.15, 0.2) is 8.32 Å². The molecule has 2 aromatic carbocycles. The molecule has 1 saturated heterocycles. The van der Waals surface area contributed by atoms with E-state index >= 15 is 0 Å². The lowest BCUT2D eigenvalue weighted by molar-refractivity contribution is -0.119. The molecule has 1 aliphatic carbocycles. The Kier molecular flexibility index (Phi) is 15.5. The molecule has 7 heteroatoms. The highest BCUT2D eigenvalue weighted by Gasteiger charge is 2.62. The topological polar surface area (TPSA) is 44.8 Å². The second-order valence-corrected chi connectivity index (χ2v) is 34.5. The van der Waals surface area contributed by atoms with E-state index in [1.807, 2.05) is 0 Å². The van der Waals surface area contributed by atoms with Crippen LogP contribution in [0.4, 0.5) is 0 Å². The first-order valence-corrected chi connectivity index (χ1v) is 29.1. The van der Waals surface area contributed by atoms with E-state index in [2.05, 4.69) is 187 Å². The Morgan fingerprint density at radius 3 is 1.89 bits per heavy atom. The predicted molar refractivity (Wildman–Crippen MR) is 246 cm³/mol. The van der Waals surface area contributed by atoms with Crippen LogP contribution in [0.15, 0.2) is 84.0 Å².